The lowest BCUT2D eigenvalue weighted by Crippen LogP contribution is -2.43. The first-order valence-electron chi connectivity index (χ1n) is 11.3. The molecule has 31 heavy (non-hydrogen) atoms. The Morgan fingerprint density at radius 1 is 0.806 bits per heavy atom. The van der Waals surface area contributed by atoms with Gasteiger partial charge >= 0.3 is 6.18 Å². The van der Waals surface area contributed by atoms with E-state index in [1.807, 2.05) is 18.2 Å². The second kappa shape index (κ2) is 10.2. The van der Waals surface area contributed by atoms with Gasteiger partial charge in [0.05, 0.1) is 18.8 Å². The van der Waals surface area contributed by atoms with E-state index in [0.29, 0.717) is 5.92 Å². The van der Waals surface area contributed by atoms with Crippen LogP contribution in [-0.4, -0.2) is 62.3 Å². The van der Waals surface area contributed by atoms with E-state index in [2.05, 4.69) is 15.9 Å². The first kappa shape index (κ1) is 22.3. The zero-order valence-electron chi connectivity index (χ0n) is 17.9. The van der Waals surface area contributed by atoms with E-state index >= 15 is 0 Å². The molecule has 0 aromatic heterocycles. The number of halogens is 3. The van der Waals surface area contributed by atoms with Crippen LogP contribution in [0.1, 0.15) is 24.0 Å². The highest BCUT2D eigenvalue weighted by Crippen LogP contribution is 2.33. The number of hydrogen-bond acceptors (Lipinski definition) is 3. The van der Waals surface area contributed by atoms with Gasteiger partial charge in [-0.1, -0.05) is 36.4 Å². The molecule has 0 bridgehead atoms. The minimum atomic E-state index is -4.30. The molecule has 6 heteroatoms. The Hall–Kier alpha value is -1.89. The van der Waals surface area contributed by atoms with Gasteiger partial charge in [-0.25, -0.2) is 0 Å². The smallest absolute Gasteiger partial charge is 0.379 e. The van der Waals surface area contributed by atoms with E-state index in [-0.39, 0.29) is 0 Å². The van der Waals surface area contributed by atoms with Crippen LogP contribution in [0.15, 0.2) is 48.5 Å². The van der Waals surface area contributed by atoms with Gasteiger partial charge < -0.3 is 9.64 Å². The Labute approximate surface area is 182 Å². The first-order valence-corrected chi connectivity index (χ1v) is 11.3. The van der Waals surface area contributed by atoms with Crippen LogP contribution in [0.4, 0.5) is 13.2 Å². The molecule has 0 atom stereocenters. The van der Waals surface area contributed by atoms with Gasteiger partial charge in [-0.05, 0) is 67.1 Å². The molecule has 2 heterocycles. The van der Waals surface area contributed by atoms with Crippen molar-refractivity contribution < 1.29 is 17.9 Å². The number of morpholine rings is 1. The Balaban J connectivity index is 1.32. The number of rotatable bonds is 6. The lowest BCUT2D eigenvalue weighted by Gasteiger charge is -2.34. The van der Waals surface area contributed by atoms with Crippen molar-refractivity contribution >= 4 is 0 Å². The van der Waals surface area contributed by atoms with Crippen molar-refractivity contribution in [3.63, 3.8) is 0 Å². The maximum Gasteiger partial charge on any atom is 0.416 e. The molecule has 168 valence electrons. The molecule has 0 spiro atoms. The van der Waals surface area contributed by atoms with Crippen molar-refractivity contribution in [3.05, 3.63) is 59.7 Å². The molecule has 0 N–H and O–H groups in total. The number of ether oxygens (including phenoxy) is 1. The van der Waals surface area contributed by atoms with E-state index in [1.165, 1.54) is 30.5 Å². The van der Waals surface area contributed by atoms with Crippen LogP contribution in [0.3, 0.4) is 0 Å². The molecule has 2 aliphatic heterocycles. The molecule has 0 radical (unpaired) electrons. The van der Waals surface area contributed by atoms with Crippen LogP contribution in [0.2, 0.25) is 0 Å². The Kier molecular flexibility index (Phi) is 7.31. The summed E-state index contributed by atoms with van der Waals surface area (Å²) in [5.41, 5.74) is 2.53. The van der Waals surface area contributed by atoms with Gasteiger partial charge in [0.25, 0.3) is 0 Å². The fourth-order valence-corrected chi connectivity index (χ4v) is 4.65. The number of piperidine rings is 1. The molecule has 0 aliphatic carbocycles. The van der Waals surface area contributed by atoms with Gasteiger partial charge in [-0.2, -0.15) is 13.2 Å². The van der Waals surface area contributed by atoms with Gasteiger partial charge in [0, 0.05) is 26.2 Å². The predicted octanol–water partition coefficient (Wildman–Crippen LogP) is 4.96. The molecule has 4 rings (SSSR count). The van der Waals surface area contributed by atoms with Crippen LogP contribution in [0.25, 0.3) is 11.1 Å². The molecule has 2 saturated heterocycles. The quantitative estimate of drug-likeness (QED) is 0.642. The average molecular weight is 433 g/mol. The zero-order chi connectivity index (χ0) is 21.7. The maximum absolute atomic E-state index is 12.9. The van der Waals surface area contributed by atoms with Crippen molar-refractivity contribution in [2.75, 3.05) is 52.5 Å². The summed E-state index contributed by atoms with van der Waals surface area (Å²) in [6.07, 6.45) is -0.975. The van der Waals surface area contributed by atoms with Crippen LogP contribution in [0.5, 0.6) is 0 Å². The Bertz CT molecular complexity index is 823. The summed E-state index contributed by atoms with van der Waals surface area (Å²) in [5, 5.41) is 0. The molecule has 2 aliphatic rings. The lowest BCUT2D eigenvalue weighted by atomic mass is 9.87. The standard InChI is InChI=1S/C25H31F3N2O/c26-25(27,28)23-7-5-21(6-8-23)24-4-2-1-3-22(24)19-20-9-11-29(12-10-20)13-14-30-15-17-31-18-16-30/h1-8,20H,9-19H2. The highest BCUT2D eigenvalue weighted by atomic mass is 19.4. The molecule has 0 amide bonds. The SMILES string of the molecule is FC(F)(F)c1ccc(-c2ccccc2CC2CCN(CCN3CCOCC3)CC2)cc1. The summed E-state index contributed by atoms with van der Waals surface area (Å²) in [4.78, 5) is 5.05. The normalized spacial score (nSPS) is 19.6. The highest BCUT2D eigenvalue weighted by molar-refractivity contribution is 5.67. The third-order valence-corrected chi connectivity index (χ3v) is 6.59. The third kappa shape index (κ3) is 6.09. The van der Waals surface area contributed by atoms with E-state index in [4.69, 9.17) is 4.74 Å². The van der Waals surface area contributed by atoms with Crippen molar-refractivity contribution in [2.24, 2.45) is 5.92 Å². The number of nitrogens with zero attached hydrogens (tertiary/aromatic N) is 2. The van der Waals surface area contributed by atoms with Crippen LogP contribution in [0, 0.1) is 5.92 Å². The minimum absolute atomic E-state index is 0.599. The van der Waals surface area contributed by atoms with Crippen LogP contribution in [-0.2, 0) is 17.3 Å². The lowest BCUT2D eigenvalue weighted by molar-refractivity contribution is -0.137. The Morgan fingerprint density at radius 3 is 2.06 bits per heavy atom. The minimum Gasteiger partial charge on any atom is -0.379 e. The molecular formula is C25H31F3N2O. The predicted molar refractivity (Wildman–Crippen MR) is 117 cm³/mol. The summed E-state index contributed by atoms with van der Waals surface area (Å²) in [6.45, 7) is 8.25. The van der Waals surface area contributed by atoms with Gasteiger partial charge in [-0.15, -0.1) is 0 Å². The van der Waals surface area contributed by atoms with E-state index < -0.39 is 11.7 Å². The largest absolute Gasteiger partial charge is 0.416 e. The number of alkyl halides is 3. The summed E-state index contributed by atoms with van der Waals surface area (Å²) in [7, 11) is 0. The van der Waals surface area contributed by atoms with Gasteiger partial charge in [-0.3, -0.25) is 4.90 Å². The van der Waals surface area contributed by atoms with Crippen LogP contribution < -0.4 is 0 Å². The van der Waals surface area contributed by atoms with Crippen LogP contribution >= 0.6 is 0 Å². The Morgan fingerprint density at radius 2 is 1.42 bits per heavy atom. The zero-order valence-corrected chi connectivity index (χ0v) is 17.9. The van der Waals surface area contributed by atoms with Crippen molar-refractivity contribution in [1.29, 1.82) is 0 Å². The maximum atomic E-state index is 12.9. The molecule has 2 fully saturated rings. The molecule has 0 saturated carbocycles. The number of benzene rings is 2. The monoisotopic (exact) mass is 432 g/mol. The highest BCUT2D eigenvalue weighted by Gasteiger charge is 2.30. The second-order valence-electron chi connectivity index (χ2n) is 8.68. The topological polar surface area (TPSA) is 15.7 Å². The molecule has 3 nitrogen and oxygen atoms in total. The molecule has 2 aromatic rings. The van der Waals surface area contributed by atoms with Crippen molar-refractivity contribution in [3.8, 4) is 11.1 Å². The van der Waals surface area contributed by atoms with E-state index in [1.54, 1.807) is 12.1 Å². The van der Waals surface area contributed by atoms with Crippen molar-refractivity contribution in [2.45, 2.75) is 25.4 Å². The molecule has 0 unspecified atom stereocenters. The van der Waals surface area contributed by atoms with Gasteiger partial charge in [0.1, 0.15) is 0 Å². The van der Waals surface area contributed by atoms with E-state index in [0.717, 1.165) is 70.0 Å². The number of hydrogen-bond donors (Lipinski definition) is 0. The first-order chi connectivity index (χ1) is 15.0. The van der Waals surface area contributed by atoms with E-state index in [9.17, 15) is 13.2 Å². The fourth-order valence-electron chi connectivity index (χ4n) is 4.65. The van der Waals surface area contributed by atoms with Gasteiger partial charge in [0.2, 0.25) is 0 Å². The third-order valence-electron chi connectivity index (χ3n) is 6.59. The molecule has 2 aromatic carbocycles. The molecular weight excluding hydrogens is 401 g/mol. The van der Waals surface area contributed by atoms with Crippen molar-refractivity contribution in [1.82, 2.24) is 9.80 Å². The average Bonchev–Trinajstić information content (AvgIpc) is 2.79. The number of likely N-dealkylation sites (tertiary alicyclic amines) is 1. The summed E-state index contributed by atoms with van der Waals surface area (Å²) < 4.78 is 44.1. The fraction of sp³-hybridized carbons (Fsp3) is 0.520. The summed E-state index contributed by atoms with van der Waals surface area (Å²) in [6, 6.07) is 13.7. The summed E-state index contributed by atoms with van der Waals surface area (Å²) in [5.74, 6) is 0.621. The summed E-state index contributed by atoms with van der Waals surface area (Å²) >= 11 is 0. The van der Waals surface area contributed by atoms with Gasteiger partial charge in [0.15, 0.2) is 0 Å². The second-order valence-corrected chi connectivity index (χ2v) is 8.68.